The van der Waals surface area contributed by atoms with Crippen LogP contribution < -0.4 is 15.8 Å². The van der Waals surface area contributed by atoms with Crippen LogP contribution in [0.15, 0.2) is 52.5 Å². The number of nitriles is 4. The van der Waals surface area contributed by atoms with Crippen LogP contribution in [0.1, 0.15) is 5.56 Å². The molecule has 0 bridgehead atoms. The molecule has 24 heavy (non-hydrogen) atoms. The van der Waals surface area contributed by atoms with Gasteiger partial charge in [-0.15, -0.1) is 0 Å². The van der Waals surface area contributed by atoms with E-state index in [0.29, 0.717) is 11.3 Å². The van der Waals surface area contributed by atoms with Gasteiger partial charge in [0.15, 0.2) is 5.57 Å². The second-order valence-electron chi connectivity index (χ2n) is 4.59. The number of dihydropyridines is 1. The number of methoxy groups -OCH3 is 1. The summed E-state index contributed by atoms with van der Waals surface area (Å²) in [6.45, 7) is 0. The summed E-state index contributed by atoms with van der Waals surface area (Å²) in [5.74, 6) is 0.577. The summed E-state index contributed by atoms with van der Waals surface area (Å²) in [5, 5.41) is 39.7. The maximum Gasteiger partial charge on any atom is 0.154 e. The van der Waals surface area contributed by atoms with Gasteiger partial charge in [0.25, 0.3) is 0 Å². The molecule has 0 fully saturated rings. The number of nitrogens with zero attached hydrogens (tertiary/aromatic N) is 4. The van der Waals surface area contributed by atoms with Gasteiger partial charge in [0.1, 0.15) is 41.4 Å². The standard InChI is InChI=1S/C17H10N6O/c1-24-12-4-2-10(3-5-12)15-13(8-20)16(11(6-18)7-19)23-17(22)14(15)9-21/h2-5,23H,22H2,1H3. The smallest absolute Gasteiger partial charge is 0.154 e. The molecule has 0 spiro atoms. The molecule has 0 saturated heterocycles. The van der Waals surface area contributed by atoms with Gasteiger partial charge in [-0.25, -0.2) is 0 Å². The van der Waals surface area contributed by atoms with E-state index in [1.54, 1.807) is 36.4 Å². The van der Waals surface area contributed by atoms with Crippen LogP contribution in [0.4, 0.5) is 0 Å². The number of ether oxygens (including phenoxy) is 1. The van der Waals surface area contributed by atoms with E-state index in [-0.39, 0.29) is 33.8 Å². The first-order valence-corrected chi connectivity index (χ1v) is 6.62. The van der Waals surface area contributed by atoms with Crippen LogP contribution in [-0.2, 0) is 0 Å². The van der Waals surface area contributed by atoms with Crippen molar-refractivity contribution in [2.75, 3.05) is 7.11 Å². The van der Waals surface area contributed by atoms with Crippen molar-refractivity contribution in [3.05, 3.63) is 58.1 Å². The molecule has 0 amide bonds. The first-order valence-electron chi connectivity index (χ1n) is 6.62. The van der Waals surface area contributed by atoms with E-state index in [2.05, 4.69) is 5.32 Å². The van der Waals surface area contributed by atoms with Gasteiger partial charge in [-0.3, -0.25) is 0 Å². The molecule has 0 aliphatic carbocycles. The third-order valence-corrected chi connectivity index (χ3v) is 3.35. The summed E-state index contributed by atoms with van der Waals surface area (Å²) in [4.78, 5) is 0. The Morgan fingerprint density at radius 3 is 2.04 bits per heavy atom. The van der Waals surface area contributed by atoms with E-state index in [1.165, 1.54) is 7.11 Å². The summed E-state index contributed by atoms with van der Waals surface area (Å²) in [7, 11) is 1.52. The summed E-state index contributed by atoms with van der Waals surface area (Å²) < 4.78 is 5.09. The molecular formula is C17H10N6O. The topological polar surface area (TPSA) is 142 Å². The van der Waals surface area contributed by atoms with Crippen LogP contribution in [0.3, 0.4) is 0 Å². The first kappa shape index (κ1) is 16.2. The van der Waals surface area contributed by atoms with Crippen LogP contribution in [-0.4, -0.2) is 7.11 Å². The van der Waals surface area contributed by atoms with Crippen molar-refractivity contribution in [1.29, 1.82) is 21.0 Å². The number of hydrogen-bond donors (Lipinski definition) is 2. The fraction of sp³-hybridized carbons (Fsp3) is 0.0588. The van der Waals surface area contributed by atoms with Gasteiger partial charge in [-0.1, -0.05) is 12.1 Å². The van der Waals surface area contributed by atoms with Crippen molar-refractivity contribution in [2.45, 2.75) is 0 Å². The molecule has 3 N–H and O–H groups in total. The van der Waals surface area contributed by atoms with Crippen LogP contribution in [0, 0.1) is 45.3 Å². The summed E-state index contributed by atoms with van der Waals surface area (Å²) in [6.07, 6.45) is 0. The van der Waals surface area contributed by atoms with Gasteiger partial charge >= 0.3 is 0 Å². The Bertz CT molecular complexity index is 937. The van der Waals surface area contributed by atoms with Gasteiger partial charge in [0.2, 0.25) is 0 Å². The lowest BCUT2D eigenvalue weighted by molar-refractivity contribution is 0.415. The predicted octanol–water partition coefficient (Wildman–Crippen LogP) is 1.57. The molecule has 1 aliphatic heterocycles. The normalized spacial score (nSPS) is 13.1. The quantitative estimate of drug-likeness (QED) is 0.788. The van der Waals surface area contributed by atoms with Crippen molar-refractivity contribution >= 4 is 5.57 Å². The number of allylic oxidation sites excluding steroid dienone is 4. The highest BCUT2D eigenvalue weighted by Gasteiger charge is 2.27. The Balaban J connectivity index is 2.85. The van der Waals surface area contributed by atoms with Gasteiger partial charge in [-0.2, -0.15) is 21.0 Å². The van der Waals surface area contributed by atoms with Crippen molar-refractivity contribution in [2.24, 2.45) is 5.73 Å². The van der Waals surface area contributed by atoms with Crippen molar-refractivity contribution < 1.29 is 4.74 Å². The molecule has 0 saturated carbocycles. The third-order valence-electron chi connectivity index (χ3n) is 3.35. The Morgan fingerprint density at radius 2 is 1.58 bits per heavy atom. The number of nitrogens with two attached hydrogens (primary N) is 1. The minimum atomic E-state index is -0.294. The third kappa shape index (κ3) is 2.62. The van der Waals surface area contributed by atoms with Crippen LogP contribution >= 0.6 is 0 Å². The molecule has 1 aromatic rings. The Morgan fingerprint density at radius 1 is 1.00 bits per heavy atom. The molecule has 1 heterocycles. The van der Waals surface area contributed by atoms with Gasteiger partial charge in [0.05, 0.1) is 18.4 Å². The second kappa shape index (κ2) is 6.71. The van der Waals surface area contributed by atoms with Gasteiger partial charge in [0, 0.05) is 5.57 Å². The average Bonchev–Trinajstić information content (AvgIpc) is 2.62. The van der Waals surface area contributed by atoms with E-state index in [4.69, 9.17) is 21.0 Å². The fourth-order valence-corrected chi connectivity index (χ4v) is 2.24. The van der Waals surface area contributed by atoms with Gasteiger partial charge in [-0.05, 0) is 17.7 Å². The van der Waals surface area contributed by atoms with E-state index >= 15 is 0 Å². The van der Waals surface area contributed by atoms with Crippen molar-refractivity contribution in [3.63, 3.8) is 0 Å². The molecule has 0 atom stereocenters. The molecule has 1 aliphatic rings. The molecule has 1 aromatic carbocycles. The zero-order valence-electron chi connectivity index (χ0n) is 12.6. The Kier molecular flexibility index (Phi) is 4.52. The van der Waals surface area contributed by atoms with E-state index in [0.717, 1.165) is 0 Å². The predicted molar refractivity (Wildman–Crippen MR) is 83.7 cm³/mol. The number of hydrogen-bond acceptors (Lipinski definition) is 7. The van der Waals surface area contributed by atoms with Gasteiger partial charge < -0.3 is 15.8 Å². The van der Waals surface area contributed by atoms with Crippen LogP contribution in [0.25, 0.3) is 5.57 Å². The molecule has 2 rings (SSSR count). The highest BCUT2D eigenvalue weighted by atomic mass is 16.5. The minimum Gasteiger partial charge on any atom is -0.497 e. The van der Waals surface area contributed by atoms with E-state index in [9.17, 15) is 10.5 Å². The second-order valence-corrected chi connectivity index (χ2v) is 4.59. The molecule has 0 radical (unpaired) electrons. The summed E-state index contributed by atoms with van der Waals surface area (Å²) in [5.41, 5.74) is 6.42. The molecule has 7 nitrogen and oxygen atoms in total. The fourth-order valence-electron chi connectivity index (χ4n) is 2.24. The number of rotatable bonds is 2. The van der Waals surface area contributed by atoms with Crippen molar-refractivity contribution in [1.82, 2.24) is 5.32 Å². The summed E-state index contributed by atoms with van der Waals surface area (Å²) in [6, 6.07) is 14.0. The first-order chi connectivity index (χ1) is 11.6. The average molecular weight is 314 g/mol. The van der Waals surface area contributed by atoms with E-state index < -0.39 is 0 Å². The van der Waals surface area contributed by atoms with E-state index in [1.807, 2.05) is 12.1 Å². The lowest BCUT2D eigenvalue weighted by Gasteiger charge is -2.22. The number of nitrogens with one attached hydrogen (secondary N) is 1. The number of benzene rings is 1. The summed E-state index contributed by atoms with van der Waals surface area (Å²) >= 11 is 0. The van der Waals surface area contributed by atoms with Crippen LogP contribution in [0.2, 0.25) is 0 Å². The van der Waals surface area contributed by atoms with Crippen molar-refractivity contribution in [3.8, 4) is 30.0 Å². The minimum absolute atomic E-state index is 0.00372. The lowest BCUT2D eigenvalue weighted by atomic mass is 9.88. The Hall–Kier alpha value is -4.20. The monoisotopic (exact) mass is 314 g/mol. The molecule has 0 aromatic heterocycles. The SMILES string of the molecule is COc1ccc(C2=C(C#N)C(=C(C#N)C#N)NC(N)=C2C#N)cc1. The molecule has 0 unspecified atom stereocenters. The highest BCUT2D eigenvalue weighted by molar-refractivity contribution is 5.92. The van der Waals surface area contributed by atoms with Crippen LogP contribution in [0.5, 0.6) is 5.75 Å². The molecule has 114 valence electrons. The zero-order chi connectivity index (χ0) is 17.7. The highest BCUT2D eigenvalue weighted by Crippen LogP contribution is 2.35. The zero-order valence-corrected chi connectivity index (χ0v) is 12.6. The Labute approximate surface area is 138 Å². The maximum atomic E-state index is 9.54. The largest absolute Gasteiger partial charge is 0.497 e. The lowest BCUT2D eigenvalue weighted by Crippen LogP contribution is -2.28. The molecular weight excluding hydrogens is 304 g/mol. The molecule has 7 heteroatoms. The maximum absolute atomic E-state index is 9.54.